The number of anilines is 1. The first-order valence-corrected chi connectivity index (χ1v) is 11.1. The van der Waals surface area contributed by atoms with Crippen molar-refractivity contribution in [2.75, 3.05) is 18.9 Å². The molecule has 1 aliphatic rings. The van der Waals surface area contributed by atoms with Crippen LogP contribution in [0.2, 0.25) is 0 Å². The van der Waals surface area contributed by atoms with Crippen molar-refractivity contribution in [2.24, 2.45) is 0 Å². The fourth-order valence-corrected chi connectivity index (χ4v) is 4.80. The maximum absolute atomic E-state index is 12.8. The van der Waals surface area contributed by atoms with Crippen molar-refractivity contribution in [2.45, 2.75) is 24.3 Å². The number of fused-ring (bicyclic) bond motifs is 1. The van der Waals surface area contributed by atoms with Gasteiger partial charge in [0, 0.05) is 31.3 Å². The molecule has 0 spiro atoms. The summed E-state index contributed by atoms with van der Waals surface area (Å²) in [6.45, 7) is 0.466. The minimum absolute atomic E-state index is 0.0308. The minimum Gasteiger partial charge on any atom is -0.325 e. The van der Waals surface area contributed by atoms with Crippen LogP contribution in [0.4, 0.5) is 5.69 Å². The lowest BCUT2D eigenvalue weighted by molar-refractivity contribution is -0.116. The fourth-order valence-electron chi connectivity index (χ4n) is 3.54. The number of sulfonamides is 1. The monoisotopic (exact) mass is 436 g/mol. The average molecular weight is 436 g/mol. The van der Waals surface area contributed by atoms with E-state index in [1.807, 2.05) is 12.1 Å². The van der Waals surface area contributed by atoms with E-state index in [1.165, 1.54) is 25.2 Å². The molecule has 0 atom stereocenters. The maximum atomic E-state index is 12.8. The van der Waals surface area contributed by atoms with E-state index < -0.39 is 22.5 Å². The molecule has 9 nitrogen and oxygen atoms in total. The summed E-state index contributed by atoms with van der Waals surface area (Å²) in [6, 6.07) is 15.0. The van der Waals surface area contributed by atoms with Crippen molar-refractivity contribution >= 4 is 21.6 Å². The lowest BCUT2D eigenvalue weighted by atomic mass is 10.2. The van der Waals surface area contributed by atoms with E-state index in [2.05, 4.69) is 20.1 Å². The van der Waals surface area contributed by atoms with Gasteiger partial charge in [-0.2, -0.15) is 9.57 Å². The molecule has 31 heavy (non-hydrogen) atoms. The van der Waals surface area contributed by atoms with Crippen molar-refractivity contribution in [1.82, 2.24) is 19.1 Å². The third-order valence-electron chi connectivity index (χ3n) is 5.08. The van der Waals surface area contributed by atoms with Gasteiger partial charge in [-0.25, -0.2) is 8.42 Å². The van der Waals surface area contributed by atoms with Gasteiger partial charge >= 0.3 is 0 Å². The molecular formula is C21H20N6O3S. The number of rotatable bonds is 6. The van der Waals surface area contributed by atoms with Gasteiger partial charge in [0.05, 0.1) is 17.0 Å². The van der Waals surface area contributed by atoms with Crippen molar-refractivity contribution in [3.63, 3.8) is 0 Å². The molecule has 4 rings (SSSR count). The van der Waals surface area contributed by atoms with E-state index in [1.54, 1.807) is 24.3 Å². The number of hydrogen-bond acceptors (Lipinski definition) is 6. The Morgan fingerprint density at radius 1 is 1.23 bits per heavy atom. The number of aryl methyl sites for hydroxylation is 1. The van der Waals surface area contributed by atoms with Crippen LogP contribution in [-0.4, -0.2) is 47.0 Å². The first-order chi connectivity index (χ1) is 14.9. The van der Waals surface area contributed by atoms with Crippen LogP contribution in [0.5, 0.6) is 0 Å². The molecule has 0 bridgehead atoms. The van der Waals surface area contributed by atoms with Gasteiger partial charge in [0.25, 0.3) is 0 Å². The third-order valence-corrected chi connectivity index (χ3v) is 6.94. The smallest absolute Gasteiger partial charge is 0.244 e. The molecule has 1 aromatic heterocycles. The molecule has 1 aliphatic heterocycles. The third kappa shape index (κ3) is 4.05. The summed E-state index contributed by atoms with van der Waals surface area (Å²) in [7, 11) is -2.69. The number of likely N-dealkylation sites (N-methyl/N-ethyl adjacent to an activating group) is 1. The summed E-state index contributed by atoms with van der Waals surface area (Å²) in [5.74, 6) is 1.20. The lowest BCUT2D eigenvalue weighted by Gasteiger charge is -2.17. The van der Waals surface area contributed by atoms with Crippen molar-refractivity contribution in [3.05, 3.63) is 59.9 Å². The molecule has 1 amide bonds. The maximum Gasteiger partial charge on any atom is 0.244 e. The summed E-state index contributed by atoms with van der Waals surface area (Å²) in [6.07, 6.45) is 1.93. The van der Waals surface area contributed by atoms with Gasteiger partial charge in [-0.15, -0.1) is 10.2 Å². The Labute approximate surface area is 180 Å². The molecule has 0 unspecified atom stereocenters. The predicted octanol–water partition coefficient (Wildman–Crippen LogP) is 2.02. The highest BCUT2D eigenvalue weighted by atomic mass is 32.2. The Hall–Kier alpha value is -3.55. The van der Waals surface area contributed by atoms with Crippen molar-refractivity contribution < 1.29 is 13.2 Å². The number of carbonyl (C=O) groups is 1. The number of nitrogens with one attached hydrogen (secondary N) is 1. The van der Waals surface area contributed by atoms with E-state index in [9.17, 15) is 18.5 Å². The number of amides is 1. The summed E-state index contributed by atoms with van der Waals surface area (Å²) < 4.78 is 28.6. The highest BCUT2D eigenvalue weighted by Gasteiger charge is 2.26. The Balaban J connectivity index is 1.48. The normalized spacial score (nSPS) is 13.1. The Morgan fingerprint density at radius 2 is 2.03 bits per heavy atom. The number of benzene rings is 2. The second-order valence-electron chi connectivity index (χ2n) is 7.19. The lowest BCUT2D eigenvalue weighted by Crippen LogP contribution is -2.35. The minimum atomic E-state index is -3.99. The second-order valence-corrected chi connectivity index (χ2v) is 9.21. The first kappa shape index (κ1) is 20.7. The Morgan fingerprint density at radius 3 is 2.84 bits per heavy atom. The highest BCUT2D eigenvalue weighted by Crippen LogP contribution is 2.25. The number of nitrogens with zero attached hydrogens (tertiary/aromatic N) is 5. The topological polar surface area (TPSA) is 121 Å². The number of carbonyl (C=O) groups excluding carboxylic acids is 1. The van der Waals surface area contributed by atoms with Crippen molar-refractivity contribution in [1.29, 1.82) is 5.26 Å². The van der Waals surface area contributed by atoms with Crippen LogP contribution >= 0.6 is 0 Å². The van der Waals surface area contributed by atoms with Gasteiger partial charge in [0.2, 0.25) is 15.9 Å². The van der Waals surface area contributed by atoms with Crippen molar-refractivity contribution in [3.8, 4) is 17.5 Å². The quantitative estimate of drug-likeness (QED) is 0.631. The number of hydrogen-bond donors (Lipinski definition) is 1. The summed E-state index contributed by atoms with van der Waals surface area (Å²) in [5.41, 5.74) is 1.38. The van der Waals surface area contributed by atoms with Crippen LogP contribution in [0.3, 0.4) is 0 Å². The molecule has 1 N–H and O–H groups in total. The van der Waals surface area contributed by atoms with Crippen LogP contribution in [-0.2, 0) is 27.8 Å². The zero-order valence-corrected chi connectivity index (χ0v) is 17.6. The second kappa shape index (κ2) is 8.29. The average Bonchev–Trinajstić information content (AvgIpc) is 3.37. The van der Waals surface area contributed by atoms with Gasteiger partial charge in [0.15, 0.2) is 5.82 Å². The highest BCUT2D eigenvalue weighted by molar-refractivity contribution is 7.89. The first-order valence-electron chi connectivity index (χ1n) is 9.68. The van der Waals surface area contributed by atoms with Gasteiger partial charge in [-0.3, -0.25) is 4.79 Å². The van der Waals surface area contributed by atoms with Gasteiger partial charge < -0.3 is 9.88 Å². The Bertz CT molecular complexity index is 1290. The van der Waals surface area contributed by atoms with E-state index in [0.29, 0.717) is 5.69 Å². The van der Waals surface area contributed by atoms with Gasteiger partial charge in [-0.1, -0.05) is 24.3 Å². The van der Waals surface area contributed by atoms with E-state index in [-0.39, 0.29) is 10.5 Å². The number of aromatic nitrogens is 3. The summed E-state index contributed by atoms with van der Waals surface area (Å²) in [5, 5.41) is 20.4. The summed E-state index contributed by atoms with van der Waals surface area (Å²) >= 11 is 0. The fraction of sp³-hybridized carbons (Fsp3) is 0.238. The molecular weight excluding hydrogens is 416 g/mol. The standard InChI is InChI=1S/C21H20N6O3S/c1-26(31(29,30)18-9-3-2-6-16(18)13-22)14-20(28)23-17-8-4-7-15(12-17)21-25-24-19-10-5-11-27(19)21/h2-4,6-9,12H,5,10-11,14H2,1H3,(H,23,28). The Kier molecular flexibility index (Phi) is 5.54. The molecule has 2 heterocycles. The molecule has 0 radical (unpaired) electrons. The summed E-state index contributed by atoms with van der Waals surface area (Å²) in [4.78, 5) is 12.4. The molecule has 10 heteroatoms. The predicted molar refractivity (Wildman–Crippen MR) is 113 cm³/mol. The van der Waals surface area contributed by atoms with E-state index >= 15 is 0 Å². The van der Waals surface area contributed by atoms with Gasteiger partial charge in [0.1, 0.15) is 11.9 Å². The largest absolute Gasteiger partial charge is 0.325 e. The van der Waals surface area contributed by atoms with E-state index in [4.69, 9.17) is 0 Å². The molecule has 0 aliphatic carbocycles. The van der Waals surface area contributed by atoms with Crippen LogP contribution in [0.1, 0.15) is 17.8 Å². The van der Waals surface area contributed by atoms with Crippen LogP contribution in [0, 0.1) is 11.3 Å². The molecule has 0 saturated heterocycles. The SMILES string of the molecule is CN(CC(=O)Nc1cccc(-c2nnc3n2CCC3)c1)S(=O)(=O)c1ccccc1C#N. The van der Waals surface area contributed by atoms with Crippen LogP contribution in [0.15, 0.2) is 53.4 Å². The zero-order chi connectivity index (χ0) is 22.0. The zero-order valence-electron chi connectivity index (χ0n) is 16.8. The van der Waals surface area contributed by atoms with Crippen LogP contribution in [0.25, 0.3) is 11.4 Å². The molecule has 158 valence electrons. The molecule has 0 saturated carbocycles. The van der Waals surface area contributed by atoms with E-state index in [0.717, 1.165) is 40.9 Å². The number of nitriles is 1. The molecule has 3 aromatic rings. The van der Waals surface area contributed by atoms with Gasteiger partial charge in [-0.05, 0) is 30.7 Å². The van der Waals surface area contributed by atoms with Crippen LogP contribution < -0.4 is 5.32 Å². The molecule has 0 fully saturated rings. The molecule has 2 aromatic carbocycles.